The molecule has 0 radical (unpaired) electrons. The number of nitrogens with one attached hydrogen (secondary N) is 1. The molecule has 0 atom stereocenters. The normalized spacial score (nSPS) is 10.2. The average molecular weight is 352 g/mol. The number of amides is 1. The highest BCUT2D eigenvalue weighted by Gasteiger charge is 2.15. The summed E-state index contributed by atoms with van der Waals surface area (Å²) in [5, 5.41) is 15.4. The Balaban J connectivity index is 2.33. The van der Waals surface area contributed by atoms with Gasteiger partial charge in [-0.3, -0.25) is 9.59 Å². The standard InChI is InChI=1S/C13H10BrN3O4/c1-17-11(18)5-4-10(16-17)12(19)15-9-3-2-7(14)6-8(9)13(20)21/h2-6H,1H3,(H,15,19)(H,20,21). The van der Waals surface area contributed by atoms with E-state index in [-0.39, 0.29) is 22.5 Å². The monoisotopic (exact) mass is 351 g/mol. The van der Waals surface area contributed by atoms with Crippen LogP contribution in [0.25, 0.3) is 0 Å². The Bertz CT molecular complexity index is 785. The number of hydrogen-bond donors (Lipinski definition) is 2. The molecule has 0 spiro atoms. The van der Waals surface area contributed by atoms with Gasteiger partial charge in [-0.2, -0.15) is 5.10 Å². The third kappa shape index (κ3) is 3.34. The molecule has 0 saturated carbocycles. The van der Waals surface area contributed by atoms with Crippen molar-refractivity contribution in [2.75, 3.05) is 5.32 Å². The van der Waals surface area contributed by atoms with Crippen molar-refractivity contribution in [3.63, 3.8) is 0 Å². The van der Waals surface area contributed by atoms with Gasteiger partial charge in [0.05, 0.1) is 11.3 Å². The lowest BCUT2D eigenvalue weighted by Crippen LogP contribution is -2.24. The lowest BCUT2D eigenvalue weighted by atomic mass is 10.1. The molecule has 108 valence electrons. The molecule has 0 fully saturated rings. The van der Waals surface area contributed by atoms with Crippen molar-refractivity contribution in [3.05, 3.63) is 56.4 Å². The van der Waals surface area contributed by atoms with Crippen LogP contribution in [-0.4, -0.2) is 26.8 Å². The molecule has 2 rings (SSSR count). The zero-order chi connectivity index (χ0) is 15.6. The van der Waals surface area contributed by atoms with Crippen LogP contribution in [0.4, 0.5) is 5.69 Å². The number of carbonyl (C=O) groups is 2. The molecule has 2 aromatic rings. The number of carboxylic acid groups (broad SMARTS) is 1. The Morgan fingerprint density at radius 2 is 2.00 bits per heavy atom. The van der Waals surface area contributed by atoms with E-state index in [1.165, 1.54) is 31.3 Å². The highest BCUT2D eigenvalue weighted by atomic mass is 79.9. The van der Waals surface area contributed by atoms with E-state index in [0.29, 0.717) is 4.47 Å². The van der Waals surface area contributed by atoms with Crippen LogP contribution in [0, 0.1) is 0 Å². The molecule has 0 aliphatic heterocycles. The average Bonchev–Trinajstić information content (AvgIpc) is 2.43. The van der Waals surface area contributed by atoms with Gasteiger partial charge in [0.25, 0.3) is 11.5 Å². The van der Waals surface area contributed by atoms with Crippen molar-refractivity contribution in [1.29, 1.82) is 0 Å². The van der Waals surface area contributed by atoms with E-state index < -0.39 is 11.9 Å². The van der Waals surface area contributed by atoms with Crippen LogP contribution in [0.3, 0.4) is 0 Å². The molecule has 0 aliphatic rings. The molecule has 1 aromatic heterocycles. The zero-order valence-corrected chi connectivity index (χ0v) is 12.4. The Morgan fingerprint density at radius 1 is 1.29 bits per heavy atom. The Kier molecular flexibility index (Phi) is 4.18. The van der Waals surface area contributed by atoms with E-state index in [2.05, 4.69) is 26.3 Å². The van der Waals surface area contributed by atoms with Crippen molar-refractivity contribution in [2.24, 2.45) is 7.05 Å². The van der Waals surface area contributed by atoms with Gasteiger partial charge in [0.15, 0.2) is 0 Å². The highest BCUT2D eigenvalue weighted by molar-refractivity contribution is 9.10. The van der Waals surface area contributed by atoms with Gasteiger partial charge in [-0.25, -0.2) is 9.48 Å². The van der Waals surface area contributed by atoms with Crippen molar-refractivity contribution in [1.82, 2.24) is 9.78 Å². The van der Waals surface area contributed by atoms with Gasteiger partial charge in [0.1, 0.15) is 5.69 Å². The van der Waals surface area contributed by atoms with Gasteiger partial charge >= 0.3 is 5.97 Å². The molecule has 0 unspecified atom stereocenters. The second-order valence-corrected chi connectivity index (χ2v) is 5.05. The summed E-state index contributed by atoms with van der Waals surface area (Å²) in [6.07, 6.45) is 0. The van der Waals surface area contributed by atoms with Gasteiger partial charge < -0.3 is 10.4 Å². The molecule has 7 nitrogen and oxygen atoms in total. The number of hydrogen-bond acceptors (Lipinski definition) is 4. The Labute approximate surface area is 127 Å². The number of aromatic carboxylic acids is 1. The van der Waals surface area contributed by atoms with Crippen molar-refractivity contribution < 1.29 is 14.7 Å². The summed E-state index contributed by atoms with van der Waals surface area (Å²) in [6.45, 7) is 0. The molecule has 0 bridgehead atoms. The number of carbonyl (C=O) groups excluding carboxylic acids is 1. The highest BCUT2D eigenvalue weighted by Crippen LogP contribution is 2.21. The van der Waals surface area contributed by atoms with E-state index in [0.717, 1.165) is 4.68 Å². The SMILES string of the molecule is Cn1nc(C(=O)Nc2ccc(Br)cc2C(=O)O)ccc1=O. The molecule has 1 amide bonds. The first-order valence-electron chi connectivity index (χ1n) is 5.77. The molecular formula is C13H10BrN3O4. The summed E-state index contributed by atoms with van der Waals surface area (Å²) >= 11 is 3.17. The zero-order valence-electron chi connectivity index (χ0n) is 10.8. The van der Waals surface area contributed by atoms with Crippen LogP contribution >= 0.6 is 15.9 Å². The maximum absolute atomic E-state index is 12.0. The number of aromatic nitrogens is 2. The number of nitrogens with zero attached hydrogens (tertiary/aromatic N) is 2. The largest absolute Gasteiger partial charge is 0.478 e. The first kappa shape index (κ1) is 14.9. The first-order valence-corrected chi connectivity index (χ1v) is 6.56. The number of benzene rings is 1. The van der Waals surface area contributed by atoms with Gasteiger partial charge in [0, 0.05) is 17.6 Å². The van der Waals surface area contributed by atoms with E-state index >= 15 is 0 Å². The minimum absolute atomic E-state index is 0.0105. The smallest absolute Gasteiger partial charge is 0.337 e. The maximum atomic E-state index is 12.0. The minimum atomic E-state index is -1.17. The predicted octanol–water partition coefficient (Wildman–Crippen LogP) is 1.49. The quantitative estimate of drug-likeness (QED) is 0.872. The summed E-state index contributed by atoms with van der Waals surface area (Å²) in [5.41, 5.74) is -0.244. The minimum Gasteiger partial charge on any atom is -0.478 e. The van der Waals surface area contributed by atoms with Gasteiger partial charge in [-0.15, -0.1) is 0 Å². The number of carboxylic acids is 1. The van der Waals surface area contributed by atoms with Crippen LogP contribution in [0.2, 0.25) is 0 Å². The van der Waals surface area contributed by atoms with E-state index in [1.807, 2.05) is 0 Å². The fourth-order valence-electron chi connectivity index (χ4n) is 1.61. The van der Waals surface area contributed by atoms with Crippen molar-refractivity contribution >= 4 is 33.5 Å². The summed E-state index contributed by atoms with van der Waals surface area (Å²) in [6, 6.07) is 6.94. The van der Waals surface area contributed by atoms with Gasteiger partial charge in [-0.1, -0.05) is 15.9 Å². The number of aryl methyl sites for hydroxylation is 1. The van der Waals surface area contributed by atoms with E-state index in [1.54, 1.807) is 6.07 Å². The predicted molar refractivity (Wildman–Crippen MR) is 78.5 cm³/mol. The van der Waals surface area contributed by atoms with Crippen LogP contribution in [0.15, 0.2) is 39.6 Å². The van der Waals surface area contributed by atoms with Crippen LogP contribution in [0.5, 0.6) is 0 Å². The molecule has 8 heteroatoms. The van der Waals surface area contributed by atoms with Crippen LogP contribution in [0.1, 0.15) is 20.8 Å². The van der Waals surface area contributed by atoms with E-state index in [9.17, 15) is 14.4 Å². The number of halogens is 1. The Morgan fingerprint density at radius 3 is 2.62 bits per heavy atom. The second kappa shape index (κ2) is 5.88. The molecule has 0 aliphatic carbocycles. The third-order valence-corrected chi connectivity index (χ3v) is 3.15. The van der Waals surface area contributed by atoms with Crippen LogP contribution < -0.4 is 10.9 Å². The van der Waals surface area contributed by atoms with Gasteiger partial charge in [0.2, 0.25) is 0 Å². The van der Waals surface area contributed by atoms with E-state index in [4.69, 9.17) is 5.11 Å². The van der Waals surface area contributed by atoms with Crippen molar-refractivity contribution in [2.45, 2.75) is 0 Å². The summed E-state index contributed by atoms with van der Waals surface area (Å²) in [7, 11) is 1.42. The molecule has 1 heterocycles. The van der Waals surface area contributed by atoms with Crippen molar-refractivity contribution in [3.8, 4) is 0 Å². The second-order valence-electron chi connectivity index (χ2n) is 4.13. The summed E-state index contributed by atoms with van der Waals surface area (Å²) in [5.74, 6) is -1.77. The summed E-state index contributed by atoms with van der Waals surface area (Å²) in [4.78, 5) is 34.4. The summed E-state index contributed by atoms with van der Waals surface area (Å²) < 4.78 is 1.60. The Hall–Kier alpha value is -2.48. The maximum Gasteiger partial charge on any atom is 0.337 e. The van der Waals surface area contributed by atoms with Gasteiger partial charge in [-0.05, 0) is 24.3 Å². The lowest BCUT2D eigenvalue weighted by molar-refractivity contribution is 0.0698. The third-order valence-electron chi connectivity index (χ3n) is 2.65. The number of rotatable bonds is 3. The topological polar surface area (TPSA) is 101 Å². The number of anilines is 1. The fourth-order valence-corrected chi connectivity index (χ4v) is 1.97. The molecule has 21 heavy (non-hydrogen) atoms. The molecular weight excluding hydrogens is 342 g/mol. The fraction of sp³-hybridized carbons (Fsp3) is 0.0769. The van der Waals surface area contributed by atoms with Crippen LogP contribution in [-0.2, 0) is 7.05 Å². The molecule has 1 aromatic carbocycles. The lowest BCUT2D eigenvalue weighted by Gasteiger charge is -2.09. The first-order chi connectivity index (χ1) is 9.88. The molecule has 2 N–H and O–H groups in total. The molecule has 0 saturated heterocycles.